The van der Waals surface area contributed by atoms with Crippen molar-refractivity contribution >= 4 is 38.9 Å². The summed E-state index contributed by atoms with van der Waals surface area (Å²) in [5.74, 6) is 0.637. The Morgan fingerprint density at radius 3 is 2.30 bits per heavy atom. The van der Waals surface area contributed by atoms with Gasteiger partial charge in [0.2, 0.25) is 0 Å². The van der Waals surface area contributed by atoms with E-state index in [1.807, 2.05) is 13.0 Å². The van der Waals surface area contributed by atoms with E-state index in [1.165, 1.54) is 31.4 Å². The fraction of sp³-hybridized carbons (Fsp3) is 0.208. The summed E-state index contributed by atoms with van der Waals surface area (Å²) in [6, 6.07) is 17.9. The molecule has 0 aliphatic rings. The van der Waals surface area contributed by atoms with Gasteiger partial charge >= 0.3 is 0 Å². The van der Waals surface area contributed by atoms with Crippen LogP contribution in [0.5, 0.6) is 11.5 Å². The highest BCUT2D eigenvalue weighted by Gasteiger charge is 2.21. The minimum Gasteiger partial charge on any atom is -0.493 e. The highest BCUT2D eigenvalue weighted by Crippen LogP contribution is 2.28. The summed E-state index contributed by atoms with van der Waals surface area (Å²) in [5, 5.41) is 3.22. The molecule has 3 aromatic carbocycles. The van der Waals surface area contributed by atoms with Crippen molar-refractivity contribution in [2.75, 3.05) is 17.1 Å². The zero-order valence-corrected chi connectivity index (χ0v) is 20.0. The molecule has 0 heterocycles. The number of hydrogen-bond donors (Lipinski definition) is 2. The van der Waals surface area contributed by atoms with Crippen molar-refractivity contribution in [3.63, 3.8) is 0 Å². The van der Waals surface area contributed by atoms with Gasteiger partial charge < -0.3 is 14.8 Å². The van der Waals surface area contributed by atoms with Crippen molar-refractivity contribution in [3.05, 3.63) is 77.3 Å². The summed E-state index contributed by atoms with van der Waals surface area (Å²) in [6.45, 7) is 3.56. The molecule has 0 saturated heterocycles. The molecule has 1 atom stereocenters. The molecule has 0 fully saturated rings. The molecule has 0 spiro atoms. The van der Waals surface area contributed by atoms with Gasteiger partial charge in [-0.25, -0.2) is 8.42 Å². The molecule has 1 amide bonds. The van der Waals surface area contributed by atoms with Crippen LogP contribution in [0.15, 0.2) is 71.6 Å². The van der Waals surface area contributed by atoms with Crippen LogP contribution in [0.25, 0.3) is 0 Å². The molecule has 0 saturated carbocycles. The number of amides is 1. The highest BCUT2D eigenvalue weighted by molar-refractivity contribution is 7.92. The Balaban J connectivity index is 1.70. The van der Waals surface area contributed by atoms with Crippen molar-refractivity contribution < 1.29 is 22.7 Å². The monoisotopic (exact) mass is 488 g/mol. The van der Waals surface area contributed by atoms with Crippen LogP contribution in [0.3, 0.4) is 0 Å². The average Bonchev–Trinajstić information content (AvgIpc) is 2.81. The minimum absolute atomic E-state index is 0.0530. The van der Waals surface area contributed by atoms with E-state index in [0.29, 0.717) is 39.9 Å². The van der Waals surface area contributed by atoms with Gasteiger partial charge in [-0.2, -0.15) is 0 Å². The fourth-order valence-electron chi connectivity index (χ4n) is 3.05. The van der Waals surface area contributed by atoms with Crippen LogP contribution in [-0.2, 0) is 14.8 Å². The van der Waals surface area contributed by atoms with Crippen molar-refractivity contribution in [1.29, 1.82) is 0 Å². The number of ether oxygens (including phenoxy) is 2. The second-order valence-corrected chi connectivity index (χ2v) is 9.29. The molecule has 9 heteroatoms. The summed E-state index contributed by atoms with van der Waals surface area (Å²) in [4.78, 5) is 12.8. The standard InChI is InChI=1S/C24H25ClN2O5S/c1-4-21(32-23-11-6-5-10-22(23)31-3)24(28)26-17-12-14-18(15-13-17)33(29,30)27-20-9-7-8-19(25)16(20)2/h5-15,21,27H,4H2,1-3H3,(H,26,28)/t21-/m0/s1. The molecule has 0 bridgehead atoms. The Hall–Kier alpha value is -3.23. The maximum Gasteiger partial charge on any atom is 0.265 e. The van der Waals surface area contributed by atoms with E-state index in [2.05, 4.69) is 10.0 Å². The molecule has 33 heavy (non-hydrogen) atoms. The van der Waals surface area contributed by atoms with Crippen LogP contribution in [0.4, 0.5) is 11.4 Å². The number of halogens is 1. The Morgan fingerprint density at radius 1 is 1.00 bits per heavy atom. The Morgan fingerprint density at radius 2 is 1.67 bits per heavy atom. The molecular weight excluding hydrogens is 464 g/mol. The molecule has 0 aliphatic heterocycles. The zero-order valence-electron chi connectivity index (χ0n) is 18.5. The quantitative estimate of drug-likeness (QED) is 0.429. The summed E-state index contributed by atoms with van der Waals surface area (Å²) in [7, 11) is -2.30. The topological polar surface area (TPSA) is 93.7 Å². The lowest BCUT2D eigenvalue weighted by Gasteiger charge is -2.19. The van der Waals surface area contributed by atoms with E-state index < -0.39 is 16.1 Å². The molecule has 3 aromatic rings. The third-order valence-corrected chi connectivity index (χ3v) is 6.74. The lowest BCUT2D eigenvalue weighted by molar-refractivity contribution is -0.122. The number of benzene rings is 3. The Labute approximate surface area is 198 Å². The number of sulfonamides is 1. The lowest BCUT2D eigenvalue weighted by Crippen LogP contribution is -2.32. The summed E-state index contributed by atoms with van der Waals surface area (Å²) >= 11 is 6.07. The van der Waals surface area contributed by atoms with Crippen LogP contribution in [0, 0.1) is 6.92 Å². The third-order valence-electron chi connectivity index (χ3n) is 4.95. The molecule has 0 radical (unpaired) electrons. The number of hydrogen-bond acceptors (Lipinski definition) is 5. The number of carbonyl (C=O) groups is 1. The van der Waals surface area contributed by atoms with Gasteiger partial charge in [0.15, 0.2) is 17.6 Å². The predicted octanol–water partition coefficient (Wildman–Crippen LogP) is 5.25. The first-order valence-electron chi connectivity index (χ1n) is 10.2. The van der Waals surface area contributed by atoms with Gasteiger partial charge in [0, 0.05) is 10.7 Å². The molecule has 0 aromatic heterocycles. The van der Waals surface area contributed by atoms with Gasteiger partial charge in [0.05, 0.1) is 17.7 Å². The zero-order chi connectivity index (χ0) is 24.0. The number of para-hydroxylation sites is 2. The van der Waals surface area contributed by atoms with E-state index >= 15 is 0 Å². The summed E-state index contributed by atoms with van der Waals surface area (Å²) in [5.41, 5.74) is 1.48. The molecule has 0 aliphatic carbocycles. The first kappa shape index (κ1) is 24.4. The van der Waals surface area contributed by atoms with Crippen LogP contribution >= 0.6 is 11.6 Å². The number of carbonyl (C=O) groups excluding carboxylic acids is 1. The SMILES string of the molecule is CC[C@H](Oc1ccccc1OC)C(=O)Nc1ccc(S(=O)(=O)Nc2cccc(Cl)c2C)cc1. The minimum atomic E-state index is -3.83. The van der Waals surface area contributed by atoms with Crippen molar-refractivity contribution in [2.45, 2.75) is 31.3 Å². The third kappa shape index (κ3) is 5.97. The van der Waals surface area contributed by atoms with E-state index in [9.17, 15) is 13.2 Å². The molecule has 7 nitrogen and oxygen atoms in total. The van der Waals surface area contributed by atoms with E-state index in [-0.39, 0.29) is 10.8 Å². The van der Waals surface area contributed by atoms with Gasteiger partial charge in [0.25, 0.3) is 15.9 Å². The van der Waals surface area contributed by atoms with Gasteiger partial charge in [-0.1, -0.05) is 36.7 Å². The van der Waals surface area contributed by atoms with Crippen LogP contribution in [-0.4, -0.2) is 27.5 Å². The maximum atomic E-state index is 12.7. The van der Waals surface area contributed by atoms with E-state index in [1.54, 1.807) is 43.3 Å². The summed E-state index contributed by atoms with van der Waals surface area (Å²) in [6.07, 6.45) is -0.323. The molecule has 0 unspecified atom stereocenters. The maximum absolute atomic E-state index is 12.7. The Kier molecular flexibility index (Phi) is 7.84. The average molecular weight is 489 g/mol. The molecule has 2 N–H and O–H groups in total. The highest BCUT2D eigenvalue weighted by atomic mass is 35.5. The summed E-state index contributed by atoms with van der Waals surface area (Å²) < 4.78 is 39.1. The molecular formula is C24H25ClN2O5S. The first-order chi connectivity index (χ1) is 15.7. The van der Waals surface area contributed by atoms with Gasteiger partial charge in [-0.3, -0.25) is 9.52 Å². The molecule has 3 rings (SSSR count). The Bertz CT molecular complexity index is 1230. The number of rotatable bonds is 9. The van der Waals surface area contributed by atoms with Crippen LogP contribution < -0.4 is 19.5 Å². The normalized spacial score (nSPS) is 12.0. The smallest absolute Gasteiger partial charge is 0.265 e. The largest absolute Gasteiger partial charge is 0.493 e. The lowest BCUT2D eigenvalue weighted by atomic mass is 10.2. The van der Waals surface area contributed by atoms with Crippen LogP contribution in [0.2, 0.25) is 5.02 Å². The van der Waals surface area contributed by atoms with Crippen molar-refractivity contribution in [1.82, 2.24) is 0 Å². The van der Waals surface area contributed by atoms with Gasteiger partial charge in [-0.05, 0) is 67.4 Å². The molecule has 174 valence electrons. The van der Waals surface area contributed by atoms with E-state index in [4.69, 9.17) is 21.1 Å². The number of anilines is 2. The van der Waals surface area contributed by atoms with Crippen molar-refractivity contribution in [3.8, 4) is 11.5 Å². The first-order valence-corrected chi connectivity index (χ1v) is 12.1. The predicted molar refractivity (Wildman–Crippen MR) is 130 cm³/mol. The van der Waals surface area contributed by atoms with Gasteiger partial charge in [-0.15, -0.1) is 0 Å². The van der Waals surface area contributed by atoms with Crippen molar-refractivity contribution in [2.24, 2.45) is 0 Å². The van der Waals surface area contributed by atoms with Crippen LogP contribution in [0.1, 0.15) is 18.9 Å². The second kappa shape index (κ2) is 10.6. The van der Waals surface area contributed by atoms with Gasteiger partial charge in [0.1, 0.15) is 0 Å². The number of nitrogens with one attached hydrogen (secondary N) is 2. The second-order valence-electron chi connectivity index (χ2n) is 7.20. The van der Waals surface area contributed by atoms with E-state index in [0.717, 1.165) is 0 Å². The fourth-order valence-corrected chi connectivity index (χ4v) is 4.35. The number of methoxy groups -OCH3 is 1.